The number of hydrogen-bond acceptors (Lipinski definition) is 2. The maximum absolute atomic E-state index is 5.38. The zero-order valence-corrected chi connectivity index (χ0v) is 5.80. The molecule has 0 fully saturated rings. The number of aromatic amines is 1. The van der Waals surface area contributed by atoms with E-state index in [2.05, 4.69) is 16.7 Å². The fourth-order valence-electron chi connectivity index (χ4n) is 0.823. The maximum atomic E-state index is 5.38. The predicted octanol–water partition coefficient (Wildman–Crippen LogP) is 0.674. The van der Waals surface area contributed by atoms with E-state index in [0.29, 0.717) is 13.1 Å². The minimum atomic E-state index is 0.553. The highest BCUT2D eigenvalue weighted by Crippen LogP contribution is 2.01. The van der Waals surface area contributed by atoms with Gasteiger partial charge in [-0.1, -0.05) is 0 Å². The van der Waals surface area contributed by atoms with E-state index < -0.39 is 0 Å². The van der Waals surface area contributed by atoms with Crippen LogP contribution in [0.15, 0.2) is 17.1 Å². The standard InChI is InChI=1S/C7H11N3/c1-9-5-7-3-2-6(4-8)10-7/h2-3,10H,1,4-5,8H2. The summed E-state index contributed by atoms with van der Waals surface area (Å²) in [6.07, 6.45) is 0. The van der Waals surface area contributed by atoms with Crippen LogP contribution in [0.3, 0.4) is 0 Å². The van der Waals surface area contributed by atoms with Crippen LogP contribution in [0.25, 0.3) is 0 Å². The molecule has 0 aromatic carbocycles. The van der Waals surface area contributed by atoms with Crippen LogP contribution in [0.1, 0.15) is 11.4 Å². The van der Waals surface area contributed by atoms with Crippen molar-refractivity contribution in [2.24, 2.45) is 10.7 Å². The molecule has 0 aliphatic rings. The van der Waals surface area contributed by atoms with Crippen LogP contribution in [0.5, 0.6) is 0 Å². The Balaban J connectivity index is 2.67. The molecule has 3 heteroatoms. The van der Waals surface area contributed by atoms with Crippen LogP contribution < -0.4 is 5.73 Å². The molecule has 54 valence electrons. The second kappa shape index (κ2) is 3.17. The lowest BCUT2D eigenvalue weighted by Gasteiger charge is -1.89. The fourth-order valence-corrected chi connectivity index (χ4v) is 0.823. The average Bonchev–Trinajstić information content (AvgIpc) is 2.37. The van der Waals surface area contributed by atoms with Crippen LogP contribution in [0.4, 0.5) is 0 Å². The van der Waals surface area contributed by atoms with Gasteiger partial charge in [-0.2, -0.15) is 0 Å². The first-order valence-electron chi connectivity index (χ1n) is 3.16. The monoisotopic (exact) mass is 137 g/mol. The van der Waals surface area contributed by atoms with E-state index in [4.69, 9.17) is 5.73 Å². The molecule has 0 unspecified atom stereocenters. The third kappa shape index (κ3) is 1.45. The summed E-state index contributed by atoms with van der Waals surface area (Å²) in [6, 6.07) is 3.93. The molecule has 10 heavy (non-hydrogen) atoms. The van der Waals surface area contributed by atoms with Gasteiger partial charge in [-0.3, -0.25) is 4.99 Å². The SMILES string of the molecule is C=NCc1ccc(CN)[nH]1. The van der Waals surface area contributed by atoms with Gasteiger partial charge in [0.25, 0.3) is 0 Å². The van der Waals surface area contributed by atoms with Gasteiger partial charge in [0, 0.05) is 17.9 Å². The van der Waals surface area contributed by atoms with Gasteiger partial charge in [0.05, 0.1) is 6.54 Å². The molecule has 0 spiro atoms. The molecule has 0 aliphatic heterocycles. The zero-order chi connectivity index (χ0) is 7.40. The number of nitrogens with zero attached hydrogens (tertiary/aromatic N) is 1. The van der Waals surface area contributed by atoms with Crippen molar-refractivity contribution in [2.75, 3.05) is 0 Å². The number of rotatable bonds is 3. The van der Waals surface area contributed by atoms with E-state index in [1.165, 1.54) is 0 Å². The Labute approximate surface area is 60.0 Å². The average molecular weight is 137 g/mol. The van der Waals surface area contributed by atoms with Gasteiger partial charge in [-0.15, -0.1) is 0 Å². The van der Waals surface area contributed by atoms with Gasteiger partial charge in [0.2, 0.25) is 0 Å². The van der Waals surface area contributed by atoms with Crippen LogP contribution in [0, 0.1) is 0 Å². The Hall–Kier alpha value is -1.09. The minimum Gasteiger partial charge on any atom is -0.360 e. The largest absolute Gasteiger partial charge is 0.360 e. The summed E-state index contributed by atoms with van der Waals surface area (Å²) in [5.41, 5.74) is 7.49. The van der Waals surface area contributed by atoms with E-state index in [-0.39, 0.29) is 0 Å². The summed E-state index contributed by atoms with van der Waals surface area (Å²) in [7, 11) is 0. The lowest BCUT2D eigenvalue weighted by Crippen LogP contribution is -1.96. The maximum Gasteiger partial charge on any atom is 0.0782 e. The van der Waals surface area contributed by atoms with E-state index in [1.54, 1.807) is 0 Å². The van der Waals surface area contributed by atoms with Gasteiger partial charge in [-0.25, -0.2) is 0 Å². The minimum absolute atomic E-state index is 0.553. The normalized spacial score (nSPS) is 9.70. The quantitative estimate of drug-likeness (QED) is 0.591. The molecule has 0 radical (unpaired) electrons. The highest BCUT2D eigenvalue weighted by Gasteiger charge is 1.93. The topological polar surface area (TPSA) is 54.2 Å². The van der Waals surface area contributed by atoms with Crippen LogP contribution in [-0.4, -0.2) is 11.7 Å². The zero-order valence-electron chi connectivity index (χ0n) is 5.80. The second-order valence-electron chi connectivity index (χ2n) is 2.09. The van der Waals surface area contributed by atoms with E-state index in [0.717, 1.165) is 11.4 Å². The van der Waals surface area contributed by atoms with Crippen molar-refractivity contribution >= 4 is 6.72 Å². The van der Waals surface area contributed by atoms with Crippen LogP contribution in [-0.2, 0) is 13.1 Å². The molecule has 3 nitrogen and oxygen atoms in total. The lowest BCUT2D eigenvalue weighted by molar-refractivity contribution is 0.955. The smallest absolute Gasteiger partial charge is 0.0782 e. The van der Waals surface area contributed by atoms with E-state index in [9.17, 15) is 0 Å². The van der Waals surface area contributed by atoms with Crippen LogP contribution in [0.2, 0.25) is 0 Å². The molecule has 0 amide bonds. The van der Waals surface area contributed by atoms with Crippen molar-refractivity contribution in [1.82, 2.24) is 4.98 Å². The predicted molar refractivity (Wildman–Crippen MR) is 41.9 cm³/mol. The molecule has 1 aromatic rings. The number of H-pyrrole nitrogens is 1. The molecule has 3 N–H and O–H groups in total. The Morgan fingerprint density at radius 3 is 2.70 bits per heavy atom. The molecule has 0 saturated carbocycles. The first-order chi connectivity index (χ1) is 4.86. The number of aromatic nitrogens is 1. The van der Waals surface area contributed by atoms with Crippen molar-refractivity contribution in [3.8, 4) is 0 Å². The second-order valence-corrected chi connectivity index (χ2v) is 2.09. The van der Waals surface area contributed by atoms with Crippen LogP contribution >= 0.6 is 0 Å². The molecular formula is C7H11N3. The summed E-state index contributed by atoms with van der Waals surface area (Å²) in [4.78, 5) is 6.84. The van der Waals surface area contributed by atoms with Crippen molar-refractivity contribution in [3.05, 3.63) is 23.5 Å². The fraction of sp³-hybridized carbons (Fsp3) is 0.286. The number of hydrogen-bond donors (Lipinski definition) is 2. The molecule has 1 heterocycles. The van der Waals surface area contributed by atoms with Crippen molar-refractivity contribution in [3.63, 3.8) is 0 Å². The van der Waals surface area contributed by atoms with Gasteiger partial charge in [0.15, 0.2) is 0 Å². The summed E-state index contributed by atoms with van der Waals surface area (Å²) in [5, 5.41) is 0. The van der Waals surface area contributed by atoms with Gasteiger partial charge in [-0.05, 0) is 18.9 Å². The first kappa shape index (κ1) is 7.02. The van der Waals surface area contributed by atoms with Gasteiger partial charge >= 0.3 is 0 Å². The van der Waals surface area contributed by atoms with Crippen molar-refractivity contribution in [2.45, 2.75) is 13.1 Å². The molecule has 0 saturated heterocycles. The van der Waals surface area contributed by atoms with E-state index >= 15 is 0 Å². The molecular weight excluding hydrogens is 126 g/mol. The number of nitrogens with one attached hydrogen (secondary N) is 1. The highest BCUT2D eigenvalue weighted by molar-refractivity contribution is 5.24. The Morgan fingerprint density at radius 1 is 1.50 bits per heavy atom. The summed E-state index contributed by atoms with van der Waals surface area (Å²) in [5.74, 6) is 0. The summed E-state index contributed by atoms with van der Waals surface area (Å²) in [6.45, 7) is 4.58. The molecule has 1 rings (SSSR count). The summed E-state index contributed by atoms with van der Waals surface area (Å²) < 4.78 is 0. The lowest BCUT2D eigenvalue weighted by atomic mass is 10.4. The Morgan fingerprint density at radius 2 is 2.20 bits per heavy atom. The third-order valence-electron chi connectivity index (χ3n) is 1.31. The highest BCUT2D eigenvalue weighted by atomic mass is 14.8. The molecule has 1 aromatic heterocycles. The van der Waals surface area contributed by atoms with Crippen molar-refractivity contribution < 1.29 is 0 Å². The molecule has 0 atom stereocenters. The van der Waals surface area contributed by atoms with E-state index in [1.807, 2.05) is 12.1 Å². The number of nitrogens with two attached hydrogens (primary N) is 1. The van der Waals surface area contributed by atoms with Crippen molar-refractivity contribution in [1.29, 1.82) is 0 Å². The van der Waals surface area contributed by atoms with Gasteiger partial charge < -0.3 is 10.7 Å². The molecule has 0 bridgehead atoms. The number of aliphatic imine (C=N–C) groups is 1. The summed E-state index contributed by atoms with van der Waals surface area (Å²) >= 11 is 0. The first-order valence-corrected chi connectivity index (χ1v) is 3.16. The third-order valence-corrected chi connectivity index (χ3v) is 1.31. The molecule has 0 aliphatic carbocycles. The Kier molecular flexibility index (Phi) is 2.23. The van der Waals surface area contributed by atoms with Gasteiger partial charge in [0.1, 0.15) is 0 Å². The Bertz CT molecular complexity index is 214.